The standard InChI is InChI=1S/C16H18FN3O/c1-20(16(21)13-10-14(17)12-18-11-13)9-5-8-19-15-6-3-2-4-7-15/h2-4,6-7,10-12,19H,5,8-9H2,1H3. The summed E-state index contributed by atoms with van der Waals surface area (Å²) in [7, 11) is 1.70. The molecule has 0 aliphatic carbocycles. The van der Waals surface area contributed by atoms with Crippen molar-refractivity contribution in [2.75, 3.05) is 25.5 Å². The van der Waals surface area contributed by atoms with Crippen molar-refractivity contribution in [3.63, 3.8) is 0 Å². The Labute approximate surface area is 123 Å². The van der Waals surface area contributed by atoms with Crippen LogP contribution >= 0.6 is 0 Å². The molecule has 1 aromatic heterocycles. The summed E-state index contributed by atoms with van der Waals surface area (Å²) in [5, 5.41) is 3.28. The lowest BCUT2D eigenvalue weighted by atomic mass is 10.2. The molecule has 0 radical (unpaired) electrons. The number of pyridine rings is 1. The molecule has 1 aromatic carbocycles. The molecule has 0 atom stereocenters. The van der Waals surface area contributed by atoms with Crippen LogP contribution in [0, 0.1) is 5.82 Å². The van der Waals surface area contributed by atoms with Crippen molar-refractivity contribution >= 4 is 11.6 Å². The van der Waals surface area contributed by atoms with Gasteiger partial charge in [0.05, 0.1) is 11.8 Å². The first-order chi connectivity index (χ1) is 10.2. The number of rotatable bonds is 6. The van der Waals surface area contributed by atoms with Crippen LogP contribution in [0.25, 0.3) is 0 Å². The summed E-state index contributed by atoms with van der Waals surface area (Å²) in [6, 6.07) is 11.1. The number of hydrogen-bond acceptors (Lipinski definition) is 3. The van der Waals surface area contributed by atoms with E-state index in [9.17, 15) is 9.18 Å². The molecule has 1 amide bonds. The van der Waals surface area contributed by atoms with Crippen molar-refractivity contribution in [2.45, 2.75) is 6.42 Å². The molecule has 5 heteroatoms. The van der Waals surface area contributed by atoms with E-state index < -0.39 is 5.82 Å². The number of aromatic nitrogens is 1. The number of carbonyl (C=O) groups excluding carboxylic acids is 1. The van der Waals surface area contributed by atoms with Gasteiger partial charge in [0.25, 0.3) is 5.91 Å². The zero-order chi connectivity index (χ0) is 15.1. The molecule has 0 spiro atoms. The Morgan fingerprint density at radius 3 is 2.76 bits per heavy atom. The third-order valence-corrected chi connectivity index (χ3v) is 3.07. The molecule has 0 aliphatic rings. The van der Waals surface area contributed by atoms with Gasteiger partial charge in [-0.25, -0.2) is 4.39 Å². The molecule has 0 saturated heterocycles. The first kappa shape index (κ1) is 15.0. The van der Waals surface area contributed by atoms with Crippen molar-refractivity contribution < 1.29 is 9.18 Å². The van der Waals surface area contributed by atoms with Gasteiger partial charge in [0.1, 0.15) is 5.82 Å². The molecule has 0 fully saturated rings. The topological polar surface area (TPSA) is 45.2 Å². The number of nitrogens with zero attached hydrogens (tertiary/aromatic N) is 2. The van der Waals surface area contributed by atoms with Crippen LogP contribution in [-0.2, 0) is 0 Å². The highest BCUT2D eigenvalue weighted by molar-refractivity contribution is 5.93. The third-order valence-electron chi connectivity index (χ3n) is 3.07. The molecule has 4 nitrogen and oxygen atoms in total. The van der Waals surface area contributed by atoms with Gasteiger partial charge in [0, 0.05) is 32.0 Å². The molecule has 0 aliphatic heterocycles. The lowest BCUT2D eigenvalue weighted by molar-refractivity contribution is 0.0794. The lowest BCUT2D eigenvalue weighted by Crippen LogP contribution is -2.29. The summed E-state index contributed by atoms with van der Waals surface area (Å²) in [4.78, 5) is 17.3. The van der Waals surface area contributed by atoms with Crippen molar-refractivity contribution in [1.29, 1.82) is 0 Å². The molecule has 1 N–H and O–H groups in total. The maximum atomic E-state index is 13.0. The summed E-state index contributed by atoms with van der Waals surface area (Å²) in [5.41, 5.74) is 1.33. The highest BCUT2D eigenvalue weighted by atomic mass is 19.1. The van der Waals surface area contributed by atoms with E-state index in [4.69, 9.17) is 0 Å². The van der Waals surface area contributed by atoms with E-state index in [2.05, 4.69) is 10.3 Å². The number of para-hydroxylation sites is 1. The molecule has 110 valence electrons. The number of amides is 1. The third kappa shape index (κ3) is 4.56. The number of anilines is 1. The Morgan fingerprint density at radius 1 is 1.29 bits per heavy atom. The van der Waals surface area contributed by atoms with Crippen LogP contribution in [0.1, 0.15) is 16.8 Å². The van der Waals surface area contributed by atoms with Gasteiger partial charge in [0.2, 0.25) is 0 Å². The van der Waals surface area contributed by atoms with Crippen LogP contribution in [0.15, 0.2) is 48.8 Å². The van der Waals surface area contributed by atoms with Crippen LogP contribution in [0.3, 0.4) is 0 Å². The number of hydrogen-bond donors (Lipinski definition) is 1. The number of nitrogens with one attached hydrogen (secondary N) is 1. The average Bonchev–Trinajstić information content (AvgIpc) is 2.51. The second-order valence-corrected chi connectivity index (χ2v) is 4.76. The summed E-state index contributed by atoms with van der Waals surface area (Å²) in [5.74, 6) is -0.721. The van der Waals surface area contributed by atoms with E-state index in [0.29, 0.717) is 6.54 Å². The fourth-order valence-electron chi connectivity index (χ4n) is 1.96. The minimum atomic E-state index is -0.500. The molecular formula is C16H18FN3O. The zero-order valence-corrected chi connectivity index (χ0v) is 11.9. The second-order valence-electron chi connectivity index (χ2n) is 4.76. The smallest absolute Gasteiger partial charge is 0.255 e. The largest absolute Gasteiger partial charge is 0.385 e. The highest BCUT2D eigenvalue weighted by Gasteiger charge is 2.12. The molecule has 2 rings (SSSR count). The summed E-state index contributed by atoms with van der Waals surface area (Å²) >= 11 is 0. The van der Waals surface area contributed by atoms with Crippen LogP contribution in [-0.4, -0.2) is 35.9 Å². The van der Waals surface area contributed by atoms with E-state index in [0.717, 1.165) is 24.8 Å². The van der Waals surface area contributed by atoms with Gasteiger partial charge in [-0.15, -0.1) is 0 Å². The Bertz CT molecular complexity index is 589. The zero-order valence-electron chi connectivity index (χ0n) is 11.9. The van der Waals surface area contributed by atoms with Crippen molar-refractivity contribution in [1.82, 2.24) is 9.88 Å². The lowest BCUT2D eigenvalue weighted by Gasteiger charge is -2.17. The molecule has 0 bridgehead atoms. The second kappa shape index (κ2) is 7.38. The first-order valence-corrected chi connectivity index (χ1v) is 6.82. The van der Waals surface area contributed by atoms with E-state index in [1.165, 1.54) is 12.3 Å². The van der Waals surface area contributed by atoms with Crippen LogP contribution in [0.5, 0.6) is 0 Å². The summed E-state index contributed by atoms with van der Waals surface area (Å²) < 4.78 is 13.0. The molecule has 21 heavy (non-hydrogen) atoms. The predicted octanol–water partition coefficient (Wildman–Crippen LogP) is 2.79. The first-order valence-electron chi connectivity index (χ1n) is 6.82. The highest BCUT2D eigenvalue weighted by Crippen LogP contribution is 2.06. The van der Waals surface area contributed by atoms with Gasteiger partial charge >= 0.3 is 0 Å². The normalized spacial score (nSPS) is 10.2. The van der Waals surface area contributed by atoms with Crippen LogP contribution in [0.4, 0.5) is 10.1 Å². The Balaban J connectivity index is 1.76. The number of carbonyl (C=O) groups is 1. The average molecular weight is 287 g/mol. The maximum Gasteiger partial charge on any atom is 0.255 e. The quantitative estimate of drug-likeness (QED) is 0.831. The van der Waals surface area contributed by atoms with Gasteiger partial charge in [-0.1, -0.05) is 18.2 Å². The maximum absolute atomic E-state index is 13.0. The molecule has 0 unspecified atom stereocenters. The number of halogens is 1. The van der Waals surface area contributed by atoms with Crippen molar-refractivity contribution in [3.8, 4) is 0 Å². The fraction of sp³-hybridized carbons (Fsp3) is 0.250. The van der Waals surface area contributed by atoms with Crippen LogP contribution in [0.2, 0.25) is 0 Å². The molecule has 2 aromatic rings. The molecular weight excluding hydrogens is 269 g/mol. The SMILES string of the molecule is CN(CCCNc1ccccc1)C(=O)c1cncc(F)c1. The summed E-state index contributed by atoms with van der Waals surface area (Å²) in [6.45, 7) is 1.36. The minimum absolute atomic E-state index is 0.221. The number of benzene rings is 1. The van der Waals surface area contributed by atoms with E-state index in [1.807, 2.05) is 30.3 Å². The summed E-state index contributed by atoms with van der Waals surface area (Å²) in [6.07, 6.45) is 3.27. The molecule has 1 heterocycles. The van der Waals surface area contributed by atoms with Gasteiger partial charge < -0.3 is 10.2 Å². The monoisotopic (exact) mass is 287 g/mol. The van der Waals surface area contributed by atoms with Crippen molar-refractivity contribution in [2.24, 2.45) is 0 Å². The molecule has 0 saturated carbocycles. The van der Waals surface area contributed by atoms with Crippen molar-refractivity contribution in [3.05, 3.63) is 60.2 Å². The fourth-order valence-corrected chi connectivity index (χ4v) is 1.96. The van der Waals surface area contributed by atoms with E-state index in [-0.39, 0.29) is 11.5 Å². The minimum Gasteiger partial charge on any atom is -0.385 e. The van der Waals surface area contributed by atoms with Gasteiger partial charge in [-0.05, 0) is 24.6 Å². The van der Waals surface area contributed by atoms with E-state index in [1.54, 1.807) is 11.9 Å². The Kier molecular flexibility index (Phi) is 5.26. The van der Waals surface area contributed by atoms with Gasteiger partial charge in [-0.2, -0.15) is 0 Å². The van der Waals surface area contributed by atoms with Crippen LogP contribution < -0.4 is 5.32 Å². The van der Waals surface area contributed by atoms with E-state index >= 15 is 0 Å². The predicted molar refractivity (Wildman–Crippen MR) is 80.7 cm³/mol. The Morgan fingerprint density at radius 2 is 2.05 bits per heavy atom. The Hall–Kier alpha value is -2.43. The van der Waals surface area contributed by atoms with Gasteiger partial charge in [0.15, 0.2) is 0 Å². The van der Waals surface area contributed by atoms with Gasteiger partial charge in [-0.3, -0.25) is 9.78 Å².